The number of aromatic nitrogens is 1. The van der Waals surface area contributed by atoms with Crippen LogP contribution in [0.25, 0.3) is 16.8 Å². The number of rotatable bonds is 7. The highest BCUT2D eigenvalue weighted by atomic mass is 32.1. The minimum Gasteiger partial charge on any atom is -0.462 e. The molecule has 9 heteroatoms. The second kappa shape index (κ2) is 9.45. The summed E-state index contributed by atoms with van der Waals surface area (Å²) in [5.41, 5.74) is 2.20. The number of nitro benzene ring substituents is 1. The van der Waals surface area contributed by atoms with Gasteiger partial charge in [-0.2, -0.15) is 5.26 Å². The molecule has 0 radical (unpaired) electrons. The SMILES string of the molecule is CCOC(=O)c1ccccc1N/C=C(/C#N)c1nc(-c2cccc([N+](=O)[O-])c2)cs1. The Morgan fingerprint density at radius 1 is 1.33 bits per heavy atom. The Hall–Kier alpha value is -4.03. The van der Waals surface area contributed by atoms with Gasteiger partial charge in [0.1, 0.15) is 16.6 Å². The lowest BCUT2D eigenvalue weighted by Gasteiger charge is -2.08. The van der Waals surface area contributed by atoms with Gasteiger partial charge < -0.3 is 10.1 Å². The van der Waals surface area contributed by atoms with Gasteiger partial charge in [-0.25, -0.2) is 9.78 Å². The highest BCUT2D eigenvalue weighted by Crippen LogP contribution is 2.28. The molecule has 0 fully saturated rings. The van der Waals surface area contributed by atoms with Gasteiger partial charge in [0.05, 0.1) is 28.5 Å². The normalized spacial score (nSPS) is 10.9. The minimum absolute atomic E-state index is 0.0321. The summed E-state index contributed by atoms with van der Waals surface area (Å²) >= 11 is 1.24. The van der Waals surface area contributed by atoms with E-state index in [9.17, 15) is 20.2 Å². The third-order valence-corrected chi connectivity index (χ3v) is 4.88. The Labute approximate surface area is 176 Å². The Bertz CT molecular complexity index is 1160. The molecular formula is C21H16N4O4S. The molecule has 0 aliphatic heterocycles. The number of non-ortho nitro benzene ring substituents is 1. The largest absolute Gasteiger partial charge is 0.462 e. The van der Waals surface area contributed by atoms with Crippen LogP contribution in [0.3, 0.4) is 0 Å². The van der Waals surface area contributed by atoms with E-state index in [0.717, 1.165) is 0 Å². The number of ether oxygens (including phenoxy) is 1. The van der Waals surface area contributed by atoms with Crippen LogP contribution in [0, 0.1) is 21.4 Å². The summed E-state index contributed by atoms with van der Waals surface area (Å²) in [6, 6.07) is 15.0. The first-order valence-corrected chi connectivity index (χ1v) is 9.75. The van der Waals surface area contributed by atoms with E-state index in [1.807, 2.05) is 0 Å². The van der Waals surface area contributed by atoms with Gasteiger partial charge >= 0.3 is 5.97 Å². The molecule has 0 bridgehead atoms. The van der Waals surface area contributed by atoms with Crippen molar-refractivity contribution in [2.45, 2.75) is 6.92 Å². The number of hydrogen-bond acceptors (Lipinski definition) is 8. The predicted molar refractivity (Wildman–Crippen MR) is 114 cm³/mol. The lowest BCUT2D eigenvalue weighted by molar-refractivity contribution is -0.384. The van der Waals surface area contributed by atoms with Gasteiger partial charge in [-0.05, 0) is 19.1 Å². The number of carbonyl (C=O) groups excluding carboxylic acids is 1. The van der Waals surface area contributed by atoms with Crippen molar-refractivity contribution in [1.82, 2.24) is 4.98 Å². The molecule has 30 heavy (non-hydrogen) atoms. The van der Waals surface area contributed by atoms with E-state index < -0.39 is 10.9 Å². The zero-order valence-corrected chi connectivity index (χ0v) is 16.7. The first-order chi connectivity index (χ1) is 14.5. The molecule has 0 spiro atoms. The van der Waals surface area contributed by atoms with E-state index in [-0.39, 0.29) is 17.9 Å². The topological polar surface area (TPSA) is 118 Å². The number of carbonyl (C=O) groups is 1. The molecular weight excluding hydrogens is 404 g/mol. The zero-order valence-electron chi connectivity index (χ0n) is 15.9. The number of hydrogen-bond donors (Lipinski definition) is 1. The van der Waals surface area contributed by atoms with Crippen LogP contribution in [0.1, 0.15) is 22.3 Å². The molecule has 1 N–H and O–H groups in total. The first-order valence-electron chi connectivity index (χ1n) is 8.87. The molecule has 0 aliphatic rings. The number of allylic oxidation sites excluding steroid dienone is 1. The lowest BCUT2D eigenvalue weighted by atomic mass is 10.1. The zero-order chi connectivity index (χ0) is 21.5. The Kier molecular flexibility index (Phi) is 6.52. The fourth-order valence-corrected chi connectivity index (χ4v) is 3.39. The molecule has 0 atom stereocenters. The highest BCUT2D eigenvalue weighted by Gasteiger charge is 2.14. The summed E-state index contributed by atoms with van der Waals surface area (Å²) in [6.45, 7) is 1.98. The van der Waals surface area contributed by atoms with E-state index in [2.05, 4.69) is 16.4 Å². The van der Waals surface area contributed by atoms with Crippen molar-refractivity contribution >= 4 is 34.3 Å². The van der Waals surface area contributed by atoms with Crippen LogP contribution >= 0.6 is 11.3 Å². The molecule has 3 rings (SSSR count). The smallest absolute Gasteiger partial charge is 0.340 e. The van der Waals surface area contributed by atoms with E-state index in [1.54, 1.807) is 48.7 Å². The monoisotopic (exact) mass is 420 g/mol. The average Bonchev–Trinajstić information content (AvgIpc) is 3.25. The van der Waals surface area contributed by atoms with Gasteiger partial charge in [-0.15, -0.1) is 11.3 Å². The maximum Gasteiger partial charge on any atom is 0.340 e. The third kappa shape index (κ3) is 4.68. The summed E-state index contributed by atoms with van der Waals surface area (Å²) in [7, 11) is 0. The van der Waals surface area contributed by atoms with Crippen LogP contribution in [0.4, 0.5) is 11.4 Å². The molecule has 0 saturated heterocycles. The quantitative estimate of drug-likeness (QED) is 0.251. The molecule has 0 saturated carbocycles. The number of benzene rings is 2. The van der Waals surface area contributed by atoms with Crippen LogP contribution in [0.5, 0.6) is 0 Å². The van der Waals surface area contributed by atoms with E-state index in [1.165, 1.54) is 29.7 Å². The van der Waals surface area contributed by atoms with Crippen LogP contribution in [-0.2, 0) is 4.74 Å². The van der Waals surface area contributed by atoms with Crippen molar-refractivity contribution in [3.8, 4) is 17.3 Å². The van der Waals surface area contributed by atoms with Crippen LogP contribution in [-0.4, -0.2) is 22.5 Å². The fourth-order valence-electron chi connectivity index (χ4n) is 2.60. The third-order valence-electron chi connectivity index (χ3n) is 4.00. The van der Waals surface area contributed by atoms with E-state index in [4.69, 9.17) is 4.74 Å². The van der Waals surface area contributed by atoms with Crippen molar-refractivity contribution in [3.05, 3.63) is 80.8 Å². The molecule has 3 aromatic rings. The van der Waals surface area contributed by atoms with Crippen molar-refractivity contribution in [2.24, 2.45) is 0 Å². The highest BCUT2D eigenvalue weighted by molar-refractivity contribution is 7.11. The fraction of sp³-hybridized carbons (Fsp3) is 0.0952. The van der Waals surface area contributed by atoms with E-state index in [0.29, 0.717) is 27.5 Å². The molecule has 150 valence electrons. The van der Waals surface area contributed by atoms with Crippen LogP contribution < -0.4 is 5.32 Å². The van der Waals surface area contributed by atoms with Crippen molar-refractivity contribution in [2.75, 3.05) is 11.9 Å². The number of para-hydroxylation sites is 1. The molecule has 0 unspecified atom stereocenters. The molecule has 8 nitrogen and oxygen atoms in total. The molecule has 1 heterocycles. The molecule has 0 amide bonds. The van der Waals surface area contributed by atoms with Crippen LogP contribution in [0.2, 0.25) is 0 Å². The molecule has 2 aromatic carbocycles. The average molecular weight is 420 g/mol. The summed E-state index contributed by atoms with van der Waals surface area (Å²) in [6.07, 6.45) is 1.47. The Morgan fingerprint density at radius 2 is 2.13 bits per heavy atom. The standard InChI is InChI=1S/C21H16N4O4S/c1-2-29-21(26)17-8-3-4-9-18(17)23-12-15(11-22)20-24-19(13-30-20)14-6-5-7-16(10-14)25(27)28/h3-10,12-13,23H,2H2,1H3/b15-12-. The number of nitro groups is 1. The number of nitriles is 1. The van der Waals surface area contributed by atoms with Gasteiger partial charge in [0.25, 0.3) is 5.69 Å². The number of anilines is 1. The maximum absolute atomic E-state index is 12.1. The number of nitrogens with zero attached hydrogens (tertiary/aromatic N) is 3. The number of nitrogens with one attached hydrogen (secondary N) is 1. The summed E-state index contributed by atoms with van der Waals surface area (Å²) in [5.74, 6) is -0.463. The van der Waals surface area contributed by atoms with Gasteiger partial charge in [0, 0.05) is 29.3 Å². The van der Waals surface area contributed by atoms with E-state index >= 15 is 0 Å². The lowest BCUT2D eigenvalue weighted by Crippen LogP contribution is -2.07. The van der Waals surface area contributed by atoms with Crippen molar-refractivity contribution < 1.29 is 14.5 Å². The Morgan fingerprint density at radius 3 is 2.87 bits per heavy atom. The summed E-state index contributed by atoms with van der Waals surface area (Å²) < 4.78 is 5.04. The first kappa shape index (κ1) is 20.7. The van der Waals surface area contributed by atoms with Gasteiger partial charge in [0.15, 0.2) is 0 Å². The Balaban J connectivity index is 1.86. The second-order valence-electron chi connectivity index (χ2n) is 5.93. The van der Waals surface area contributed by atoms with Crippen molar-refractivity contribution in [1.29, 1.82) is 5.26 Å². The van der Waals surface area contributed by atoms with Crippen molar-refractivity contribution in [3.63, 3.8) is 0 Å². The van der Waals surface area contributed by atoms with Gasteiger partial charge in [-0.3, -0.25) is 10.1 Å². The summed E-state index contributed by atoms with van der Waals surface area (Å²) in [5, 5.41) is 25.7. The van der Waals surface area contributed by atoms with Crippen LogP contribution in [0.15, 0.2) is 60.1 Å². The molecule has 1 aromatic heterocycles. The van der Waals surface area contributed by atoms with Gasteiger partial charge in [-0.1, -0.05) is 24.3 Å². The predicted octanol–water partition coefficient (Wildman–Crippen LogP) is 4.87. The maximum atomic E-state index is 12.1. The second-order valence-corrected chi connectivity index (χ2v) is 6.78. The summed E-state index contributed by atoms with van der Waals surface area (Å²) in [4.78, 5) is 27.0. The molecule has 0 aliphatic carbocycles. The number of esters is 1. The number of thiazole rings is 1. The van der Waals surface area contributed by atoms with Gasteiger partial charge in [0.2, 0.25) is 0 Å². The minimum atomic E-state index is -0.470.